The van der Waals surface area contributed by atoms with Gasteiger partial charge in [0.15, 0.2) is 0 Å². The first-order valence-electron chi connectivity index (χ1n) is 6.89. The zero-order chi connectivity index (χ0) is 15.1. The number of carbonyl (C=O) groups excluding carboxylic acids is 1. The molecule has 0 spiro atoms. The van der Waals surface area contributed by atoms with Crippen LogP contribution in [0.15, 0.2) is 53.4 Å². The van der Waals surface area contributed by atoms with Gasteiger partial charge in [0.25, 0.3) is 0 Å². The Hall–Kier alpha value is -1.45. The molecule has 0 bridgehead atoms. The van der Waals surface area contributed by atoms with E-state index in [0.717, 1.165) is 17.7 Å². The standard InChI is InChI=1S/C17H18ClNOS/c1-13-9-10-16(15(18)12-13)19-17(20)8-5-11-21-14-6-3-2-4-7-14/h2-4,6-7,9-10,12H,5,8,11H2,1H3,(H,19,20). The maximum atomic E-state index is 11.9. The highest BCUT2D eigenvalue weighted by atomic mass is 35.5. The fraction of sp³-hybridized carbons (Fsp3) is 0.235. The van der Waals surface area contributed by atoms with Crippen LogP contribution in [0.2, 0.25) is 5.02 Å². The van der Waals surface area contributed by atoms with E-state index in [1.54, 1.807) is 11.8 Å². The van der Waals surface area contributed by atoms with Crippen molar-refractivity contribution in [2.24, 2.45) is 0 Å². The monoisotopic (exact) mass is 319 g/mol. The van der Waals surface area contributed by atoms with Crippen molar-refractivity contribution in [3.63, 3.8) is 0 Å². The molecule has 1 amide bonds. The van der Waals surface area contributed by atoms with Crippen LogP contribution in [0.4, 0.5) is 5.69 Å². The molecule has 0 atom stereocenters. The molecule has 0 unspecified atom stereocenters. The smallest absolute Gasteiger partial charge is 0.224 e. The highest BCUT2D eigenvalue weighted by molar-refractivity contribution is 7.99. The lowest BCUT2D eigenvalue weighted by atomic mass is 10.2. The maximum Gasteiger partial charge on any atom is 0.224 e. The minimum atomic E-state index is 0.00872. The summed E-state index contributed by atoms with van der Waals surface area (Å²) in [5.41, 5.74) is 1.76. The van der Waals surface area contributed by atoms with Crippen LogP contribution in [0, 0.1) is 6.92 Å². The Kier molecular flexibility index (Phi) is 6.15. The molecule has 2 nitrogen and oxygen atoms in total. The van der Waals surface area contributed by atoms with Crippen LogP contribution in [0.5, 0.6) is 0 Å². The minimum absolute atomic E-state index is 0.00872. The number of thioether (sulfide) groups is 1. The number of anilines is 1. The Morgan fingerprint density at radius 3 is 2.67 bits per heavy atom. The van der Waals surface area contributed by atoms with Crippen LogP contribution in [0.3, 0.4) is 0 Å². The Balaban J connectivity index is 1.72. The summed E-state index contributed by atoms with van der Waals surface area (Å²) in [5, 5.41) is 3.44. The van der Waals surface area contributed by atoms with Gasteiger partial charge < -0.3 is 5.32 Å². The average molecular weight is 320 g/mol. The number of aryl methyl sites for hydroxylation is 1. The third kappa shape index (κ3) is 5.44. The minimum Gasteiger partial charge on any atom is -0.325 e. The van der Waals surface area contributed by atoms with Gasteiger partial charge in [-0.05, 0) is 48.9 Å². The van der Waals surface area contributed by atoms with Crippen molar-refractivity contribution in [1.82, 2.24) is 0 Å². The van der Waals surface area contributed by atoms with Crippen LogP contribution in [0.1, 0.15) is 18.4 Å². The molecule has 0 heterocycles. The lowest BCUT2D eigenvalue weighted by Gasteiger charge is -2.08. The van der Waals surface area contributed by atoms with Gasteiger partial charge >= 0.3 is 0 Å². The van der Waals surface area contributed by atoms with Gasteiger partial charge in [0.1, 0.15) is 0 Å². The van der Waals surface area contributed by atoms with Gasteiger partial charge in [-0.3, -0.25) is 4.79 Å². The molecule has 2 rings (SSSR count). The number of amides is 1. The quantitative estimate of drug-likeness (QED) is 0.588. The van der Waals surface area contributed by atoms with E-state index >= 15 is 0 Å². The van der Waals surface area contributed by atoms with Gasteiger partial charge in [0, 0.05) is 11.3 Å². The Bertz CT molecular complexity index is 601. The zero-order valence-electron chi connectivity index (χ0n) is 11.9. The first-order chi connectivity index (χ1) is 10.1. The summed E-state index contributed by atoms with van der Waals surface area (Å²) in [7, 11) is 0. The zero-order valence-corrected chi connectivity index (χ0v) is 13.5. The van der Waals surface area contributed by atoms with Gasteiger partial charge in [0.05, 0.1) is 10.7 Å². The van der Waals surface area contributed by atoms with Crippen molar-refractivity contribution < 1.29 is 4.79 Å². The molecular weight excluding hydrogens is 302 g/mol. The van der Waals surface area contributed by atoms with Gasteiger partial charge in [0.2, 0.25) is 5.91 Å². The molecule has 0 saturated heterocycles. The third-order valence-corrected chi connectivity index (χ3v) is 4.37. The van der Waals surface area contributed by atoms with E-state index < -0.39 is 0 Å². The second-order valence-electron chi connectivity index (χ2n) is 4.80. The van der Waals surface area contributed by atoms with Crippen LogP contribution in [0.25, 0.3) is 0 Å². The predicted molar refractivity (Wildman–Crippen MR) is 91.2 cm³/mol. The number of hydrogen-bond acceptors (Lipinski definition) is 2. The molecule has 2 aromatic rings. The molecule has 0 saturated carbocycles. The lowest BCUT2D eigenvalue weighted by molar-refractivity contribution is -0.116. The van der Waals surface area contributed by atoms with E-state index in [4.69, 9.17) is 11.6 Å². The molecule has 0 aromatic heterocycles. The van der Waals surface area contributed by atoms with E-state index in [2.05, 4.69) is 17.4 Å². The molecule has 110 valence electrons. The molecule has 1 N–H and O–H groups in total. The largest absolute Gasteiger partial charge is 0.325 e. The summed E-state index contributed by atoms with van der Waals surface area (Å²) in [6.45, 7) is 1.97. The Labute approximate surface area is 134 Å². The number of rotatable bonds is 6. The molecular formula is C17H18ClNOS. The van der Waals surface area contributed by atoms with Crippen molar-refractivity contribution in [3.8, 4) is 0 Å². The third-order valence-electron chi connectivity index (χ3n) is 2.96. The first kappa shape index (κ1) is 15.9. The summed E-state index contributed by atoms with van der Waals surface area (Å²) in [6, 6.07) is 15.8. The summed E-state index contributed by atoms with van der Waals surface area (Å²) in [4.78, 5) is 13.1. The summed E-state index contributed by atoms with van der Waals surface area (Å²) in [6.07, 6.45) is 1.35. The van der Waals surface area contributed by atoms with Crippen LogP contribution < -0.4 is 5.32 Å². The molecule has 0 radical (unpaired) electrons. The topological polar surface area (TPSA) is 29.1 Å². The van der Waals surface area contributed by atoms with E-state index in [1.165, 1.54) is 4.90 Å². The highest BCUT2D eigenvalue weighted by Crippen LogP contribution is 2.23. The number of halogens is 1. The summed E-state index contributed by atoms with van der Waals surface area (Å²) in [5.74, 6) is 0.938. The maximum absolute atomic E-state index is 11.9. The SMILES string of the molecule is Cc1ccc(NC(=O)CCCSc2ccccc2)c(Cl)c1. The molecule has 21 heavy (non-hydrogen) atoms. The second kappa shape index (κ2) is 8.11. The van der Waals surface area contributed by atoms with Gasteiger partial charge in [-0.25, -0.2) is 0 Å². The predicted octanol–water partition coefficient (Wildman–Crippen LogP) is 5.16. The van der Waals surface area contributed by atoms with Gasteiger partial charge in [-0.15, -0.1) is 11.8 Å². The van der Waals surface area contributed by atoms with Gasteiger partial charge in [-0.2, -0.15) is 0 Å². The van der Waals surface area contributed by atoms with Crippen LogP contribution >= 0.6 is 23.4 Å². The Morgan fingerprint density at radius 1 is 1.19 bits per heavy atom. The van der Waals surface area contributed by atoms with Gasteiger partial charge in [-0.1, -0.05) is 35.9 Å². The molecule has 2 aromatic carbocycles. The lowest BCUT2D eigenvalue weighted by Crippen LogP contribution is -2.11. The van der Waals surface area contributed by atoms with E-state index in [1.807, 2.05) is 43.3 Å². The molecule has 4 heteroatoms. The van der Waals surface area contributed by atoms with Crippen molar-refractivity contribution >= 4 is 35.0 Å². The van der Waals surface area contributed by atoms with Crippen molar-refractivity contribution in [3.05, 3.63) is 59.1 Å². The molecule has 0 aliphatic carbocycles. The normalized spacial score (nSPS) is 10.4. The fourth-order valence-corrected chi connectivity index (χ4v) is 3.03. The summed E-state index contributed by atoms with van der Waals surface area (Å²) < 4.78 is 0. The average Bonchev–Trinajstić information content (AvgIpc) is 2.48. The van der Waals surface area contributed by atoms with Crippen molar-refractivity contribution in [1.29, 1.82) is 0 Å². The second-order valence-corrected chi connectivity index (χ2v) is 6.37. The number of nitrogens with one attached hydrogen (secondary N) is 1. The number of hydrogen-bond donors (Lipinski definition) is 1. The number of carbonyl (C=O) groups is 1. The van der Waals surface area contributed by atoms with E-state index in [-0.39, 0.29) is 5.91 Å². The van der Waals surface area contributed by atoms with E-state index in [0.29, 0.717) is 17.1 Å². The first-order valence-corrected chi connectivity index (χ1v) is 8.25. The van der Waals surface area contributed by atoms with Crippen LogP contribution in [-0.4, -0.2) is 11.7 Å². The fourth-order valence-electron chi connectivity index (χ4n) is 1.87. The molecule has 0 fully saturated rings. The van der Waals surface area contributed by atoms with Crippen LogP contribution in [-0.2, 0) is 4.79 Å². The number of benzene rings is 2. The summed E-state index contributed by atoms with van der Waals surface area (Å²) >= 11 is 7.86. The Morgan fingerprint density at radius 2 is 1.95 bits per heavy atom. The van der Waals surface area contributed by atoms with Crippen molar-refractivity contribution in [2.45, 2.75) is 24.7 Å². The van der Waals surface area contributed by atoms with E-state index in [9.17, 15) is 4.79 Å². The van der Waals surface area contributed by atoms with Crippen molar-refractivity contribution in [2.75, 3.05) is 11.1 Å². The molecule has 0 aliphatic rings. The highest BCUT2D eigenvalue weighted by Gasteiger charge is 2.06. The molecule has 0 aliphatic heterocycles.